The molecular weight excluding hydrogens is 254 g/mol. The quantitative estimate of drug-likeness (QED) is 0.744. The summed E-state index contributed by atoms with van der Waals surface area (Å²) < 4.78 is 0. The summed E-state index contributed by atoms with van der Waals surface area (Å²) in [5.41, 5.74) is 2.16. The Morgan fingerprint density at radius 1 is 0.700 bits per heavy atom. The standard InChI is InChI=1S/C15H11N3O2/c19-12-6-9-18-14(15(12)20)13-10(4-3-8-17-13)11-5-1-2-7-16-11/h1-9,20H,(H,18,19). The van der Waals surface area contributed by atoms with Gasteiger partial charge >= 0.3 is 0 Å². The van der Waals surface area contributed by atoms with Gasteiger partial charge in [0.15, 0.2) is 11.5 Å². The van der Waals surface area contributed by atoms with Gasteiger partial charge in [0.05, 0.1) is 5.69 Å². The maximum Gasteiger partial charge on any atom is 0.186 e. The fourth-order valence-corrected chi connectivity index (χ4v) is 1.94. The van der Waals surface area contributed by atoms with Gasteiger partial charge in [-0.2, -0.15) is 0 Å². The van der Waals surface area contributed by atoms with Crippen LogP contribution in [-0.4, -0.2) is 25.2 Å². The van der Waals surface area contributed by atoms with Crippen molar-refractivity contribution in [1.82, 2.24) is 15.0 Å². The fraction of sp³-hybridized carbons (Fsp3) is 0. The van der Waals surface area contributed by atoms with Crippen LogP contribution in [-0.2, 0) is 0 Å². The highest BCUT2D eigenvalue weighted by molar-refractivity contribution is 5.80. The van der Waals surface area contributed by atoms with Crippen molar-refractivity contribution in [2.24, 2.45) is 0 Å². The van der Waals surface area contributed by atoms with Gasteiger partial charge in [-0.05, 0) is 24.3 Å². The Balaban J connectivity index is 2.23. The minimum atomic E-state index is -0.289. The molecule has 0 fully saturated rings. The van der Waals surface area contributed by atoms with Gasteiger partial charge in [0.1, 0.15) is 11.4 Å². The number of rotatable bonds is 2. The first-order valence-corrected chi connectivity index (χ1v) is 6.01. The molecule has 0 radical (unpaired) electrons. The summed E-state index contributed by atoms with van der Waals surface area (Å²) in [4.78, 5) is 12.6. The van der Waals surface area contributed by atoms with E-state index in [-0.39, 0.29) is 17.2 Å². The van der Waals surface area contributed by atoms with E-state index in [1.54, 1.807) is 18.5 Å². The van der Waals surface area contributed by atoms with E-state index in [0.717, 1.165) is 11.3 Å². The Morgan fingerprint density at radius 2 is 1.50 bits per heavy atom. The Morgan fingerprint density at radius 3 is 2.30 bits per heavy atom. The summed E-state index contributed by atoms with van der Waals surface area (Å²) in [5, 5.41) is 19.5. The zero-order chi connectivity index (χ0) is 13.9. The lowest BCUT2D eigenvalue weighted by Crippen LogP contribution is -1.93. The lowest BCUT2D eigenvalue weighted by atomic mass is 10.1. The van der Waals surface area contributed by atoms with E-state index in [2.05, 4.69) is 15.0 Å². The van der Waals surface area contributed by atoms with Gasteiger partial charge in [0, 0.05) is 30.2 Å². The summed E-state index contributed by atoms with van der Waals surface area (Å²) in [6.45, 7) is 0. The highest BCUT2D eigenvalue weighted by Gasteiger charge is 2.16. The maximum atomic E-state index is 9.95. The third-order valence-electron chi connectivity index (χ3n) is 2.88. The van der Waals surface area contributed by atoms with Crippen molar-refractivity contribution in [1.29, 1.82) is 0 Å². The van der Waals surface area contributed by atoms with Gasteiger partial charge < -0.3 is 10.2 Å². The highest BCUT2D eigenvalue weighted by Crippen LogP contribution is 2.37. The second-order valence-corrected chi connectivity index (χ2v) is 4.14. The lowest BCUT2D eigenvalue weighted by molar-refractivity contribution is 0.403. The van der Waals surface area contributed by atoms with Crippen LogP contribution < -0.4 is 0 Å². The minimum absolute atomic E-state index is 0.228. The SMILES string of the molecule is Oc1ccnc(-c2ncccc2-c2ccccn2)c1O. The molecule has 3 rings (SSSR count). The first kappa shape index (κ1) is 12.1. The molecule has 0 aromatic carbocycles. The van der Waals surface area contributed by atoms with Gasteiger partial charge in [0.25, 0.3) is 0 Å². The van der Waals surface area contributed by atoms with E-state index in [1.165, 1.54) is 12.3 Å². The van der Waals surface area contributed by atoms with Crippen LogP contribution in [0.1, 0.15) is 0 Å². The van der Waals surface area contributed by atoms with Gasteiger partial charge in [-0.25, -0.2) is 0 Å². The molecule has 0 aliphatic carbocycles. The van der Waals surface area contributed by atoms with E-state index in [4.69, 9.17) is 0 Å². The normalized spacial score (nSPS) is 10.4. The summed E-state index contributed by atoms with van der Waals surface area (Å²) in [6.07, 6.45) is 4.70. The number of nitrogens with zero attached hydrogens (tertiary/aromatic N) is 3. The molecule has 3 aromatic rings. The Labute approximate surface area is 115 Å². The van der Waals surface area contributed by atoms with Crippen molar-refractivity contribution in [2.45, 2.75) is 0 Å². The highest BCUT2D eigenvalue weighted by atomic mass is 16.3. The van der Waals surface area contributed by atoms with E-state index < -0.39 is 0 Å². The van der Waals surface area contributed by atoms with Crippen LogP contribution in [0.5, 0.6) is 11.5 Å². The third-order valence-corrected chi connectivity index (χ3v) is 2.88. The largest absolute Gasteiger partial charge is 0.504 e. The second kappa shape index (κ2) is 4.97. The van der Waals surface area contributed by atoms with Gasteiger partial charge in [-0.1, -0.05) is 6.07 Å². The van der Waals surface area contributed by atoms with Gasteiger partial charge in [-0.3, -0.25) is 15.0 Å². The molecule has 98 valence electrons. The molecule has 5 heteroatoms. The number of hydrogen-bond acceptors (Lipinski definition) is 5. The lowest BCUT2D eigenvalue weighted by Gasteiger charge is -2.09. The molecule has 2 N–H and O–H groups in total. The van der Waals surface area contributed by atoms with Crippen molar-refractivity contribution < 1.29 is 10.2 Å². The first-order valence-electron chi connectivity index (χ1n) is 6.01. The Kier molecular flexibility index (Phi) is 3.01. The van der Waals surface area contributed by atoms with E-state index in [0.29, 0.717) is 5.69 Å². The van der Waals surface area contributed by atoms with Gasteiger partial charge in [-0.15, -0.1) is 0 Å². The average Bonchev–Trinajstić information content (AvgIpc) is 2.51. The fourth-order valence-electron chi connectivity index (χ4n) is 1.94. The van der Waals surface area contributed by atoms with E-state index in [9.17, 15) is 10.2 Å². The molecule has 0 spiro atoms. The zero-order valence-corrected chi connectivity index (χ0v) is 10.4. The monoisotopic (exact) mass is 265 g/mol. The molecule has 0 bridgehead atoms. The van der Waals surface area contributed by atoms with Crippen LogP contribution in [0.2, 0.25) is 0 Å². The second-order valence-electron chi connectivity index (χ2n) is 4.14. The number of hydrogen-bond donors (Lipinski definition) is 2. The Bertz CT molecular complexity index is 745. The number of aromatic hydroxyl groups is 2. The van der Waals surface area contributed by atoms with Crippen molar-refractivity contribution in [3.8, 4) is 34.1 Å². The number of pyridine rings is 3. The molecule has 3 aromatic heterocycles. The summed E-state index contributed by atoms with van der Waals surface area (Å²) in [5.74, 6) is -0.518. The molecule has 3 heterocycles. The molecule has 0 saturated heterocycles. The minimum Gasteiger partial charge on any atom is -0.504 e. The molecule has 0 aliphatic heterocycles. The third kappa shape index (κ3) is 2.05. The summed E-state index contributed by atoms with van der Waals surface area (Å²) in [7, 11) is 0. The van der Waals surface area contributed by atoms with Crippen LogP contribution in [0.3, 0.4) is 0 Å². The predicted molar refractivity (Wildman–Crippen MR) is 74.0 cm³/mol. The van der Waals surface area contributed by atoms with E-state index >= 15 is 0 Å². The number of aromatic nitrogens is 3. The van der Waals surface area contributed by atoms with Crippen LogP contribution in [0, 0.1) is 0 Å². The molecule has 20 heavy (non-hydrogen) atoms. The first-order chi connectivity index (χ1) is 9.77. The molecular formula is C15H11N3O2. The summed E-state index contributed by atoms with van der Waals surface area (Å²) in [6, 6.07) is 10.5. The van der Waals surface area contributed by atoms with Crippen molar-refractivity contribution in [3.63, 3.8) is 0 Å². The summed E-state index contributed by atoms with van der Waals surface area (Å²) >= 11 is 0. The topological polar surface area (TPSA) is 79.1 Å². The smallest absolute Gasteiger partial charge is 0.186 e. The molecule has 5 nitrogen and oxygen atoms in total. The van der Waals surface area contributed by atoms with Crippen molar-refractivity contribution in [3.05, 3.63) is 55.0 Å². The molecule has 0 atom stereocenters. The van der Waals surface area contributed by atoms with Crippen LogP contribution in [0.25, 0.3) is 22.6 Å². The van der Waals surface area contributed by atoms with Crippen molar-refractivity contribution >= 4 is 0 Å². The van der Waals surface area contributed by atoms with Gasteiger partial charge in [0.2, 0.25) is 0 Å². The Hall–Kier alpha value is -2.95. The molecule has 0 unspecified atom stereocenters. The van der Waals surface area contributed by atoms with E-state index in [1.807, 2.05) is 24.3 Å². The van der Waals surface area contributed by atoms with Crippen LogP contribution in [0.4, 0.5) is 0 Å². The van der Waals surface area contributed by atoms with Crippen molar-refractivity contribution in [2.75, 3.05) is 0 Å². The average molecular weight is 265 g/mol. The maximum absolute atomic E-state index is 9.95. The zero-order valence-electron chi connectivity index (χ0n) is 10.4. The molecule has 0 amide bonds. The molecule has 0 saturated carbocycles. The predicted octanol–water partition coefficient (Wildman–Crippen LogP) is 2.62. The van der Waals surface area contributed by atoms with Crippen LogP contribution in [0.15, 0.2) is 55.0 Å². The molecule has 0 aliphatic rings. The van der Waals surface area contributed by atoms with Crippen LogP contribution >= 0.6 is 0 Å².